The summed E-state index contributed by atoms with van der Waals surface area (Å²) in [4.78, 5) is 23.2. The Morgan fingerprint density at radius 3 is 2.95 bits per heavy atom. The van der Waals surface area contributed by atoms with Gasteiger partial charge in [-0.05, 0) is 12.1 Å². The Labute approximate surface area is 112 Å². The average molecular weight is 273 g/mol. The van der Waals surface area contributed by atoms with Crippen LogP contribution in [0.5, 0.6) is 0 Å². The molecule has 0 saturated heterocycles. The fourth-order valence-corrected chi connectivity index (χ4v) is 2.32. The molecule has 2 heterocycles. The number of thiazole rings is 1. The van der Waals surface area contributed by atoms with E-state index in [0.717, 1.165) is 11.0 Å². The Morgan fingerprint density at radius 1 is 1.37 bits per heavy atom. The summed E-state index contributed by atoms with van der Waals surface area (Å²) in [6.45, 7) is 0. The van der Waals surface area contributed by atoms with E-state index in [-0.39, 0.29) is 12.3 Å². The summed E-state index contributed by atoms with van der Waals surface area (Å²) in [6, 6.07) is 7.58. The number of H-pyrrole nitrogens is 1. The number of para-hydroxylation sites is 2. The molecule has 0 unspecified atom stereocenters. The topological polar surface area (TPSA) is 96.7 Å². The average Bonchev–Trinajstić information content (AvgIpc) is 2.94. The van der Waals surface area contributed by atoms with E-state index in [1.165, 1.54) is 11.3 Å². The van der Waals surface area contributed by atoms with Gasteiger partial charge in [-0.3, -0.25) is 10.1 Å². The second-order valence-electron chi connectivity index (χ2n) is 4.00. The Balaban J connectivity index is 1.72. The normalized spacial score (nSPS) is 10.7. The highest BCUT2D eigenvalue weighted by Gasteiger charge is 2.09. The summed E-state index contributed by atoms with van der Waals surface area (Å²) >= 11 is 1.32. The number of hydrogen-bond acceptors (Lipinski definition) is 5. The van der Waals surface area contributed by atoms with Gasteiger partial charge in [-0.25, -0.2) is 9.97 Å². The predicted octanol–water partition coefficient (Wildman–Crippen LogP) is 1.78. The summed E-state index contributed by atoms with van der Waals surface area (Å²) in [6.07, 6.45) is 0.185. The molecule has 0 bridgehead atoms. The molecular weight excluding hydrogens is 262 g/mol. The molecular formula is C12H11N5OS. The number of imidazole rings is 1. The van der Waals surface area contributed by atoms with Gasteiger partial charge in [-0.1, -0.05) is 12.1 Å². The first kappa shape index (κ1) is 11.7. The fraction of sp³-hybridized carbons (Fsp3) is 0.0833. The van der Waals surface area contributed by atoms with E-state index in [2.05, 4.69) is 20.3 Å². The maximum absolute atomic E-state index is 11.8. The molecule has 0 saturated carbocycles. The zero-order chi connectivity index (χ0) is 13.2. The van der Waals surface area contributed by atoms with Gasteiger partial charge >= 0.3 is 0 Å². The molecule has 7 heteroatoms. The van der Waals surface area contributed by atoms with Crippen LogP contribution in [-0.4, -0.2) is 20.9 Å². The molecule has 4 N–H and O–H groups in total. The van der Waals surface area contributed by atoms with Gasteiger partial charge < -0.3 is 10.7 Å². The molecule has 6 nitrogen and oxygen atoms in total. The number of nitrogens with zero attached hydrogens (tertiary/aromatic N) is 2. The number of nitrogens with two attached hydrogens (primary N) is 1. The minimum absolute atomic E-state index is 0.177. The number of nitrogen functional groups attached to an aromatic ring is 1. The van der Waals surface area contributed by atoms with Crippen LogP contribution in [0, 0.1) is 0 Å². The number of amides is 1. The number of carbonyl (C=O) groups is 1. The first-order valence-electron chi connectivity index (χ1n) is 5.65. The van der Waals surface area contributed by atoms with Gasteiger partial charge in [0.15, 0.2) is 5.13 Å². The Kier molecular flexibility index (Phi) is 2.88. The van der Waals surface area contributed by atoms with Crippen LogP contribution in [0.15, 0.2) is 29.6 Å². The van der Waals surface area contributed by atoms with E-state index >= 15 is 0 Å². The second kappa shape index (κ2) is 4.69. The number of rotatable bonds is 3. The first-order valence-corrected chi connectivity index (χ1v) is 6.53. The van der Waals surface area contributed by atoms with Crippen molar-refractivity contribution >= 4 is 39.4 Å². The molecule has 3 aromatic rings. The summed E-state index contributed by atoms with van der Waals surface area (Å²) < 4.78 is 0. The van der Waals surface area contributed by atoms with E-state index < -0.39 is 0 Å². The zero-order valence-electron chi connectivity index (χ0n) is 9.88. The fourth-order valence-electron chi connectivity index (χ4n) is 1.76. The van der Waals surface area contributed by atoms with E-state index in [0.29, 0.717) is 16.8 Å². The van der Waals surface area contributed by atoms with Crippen molar-refractivity contribution in [1.82, 2.24) is 15.0 Å². The molecule has 0 fully saturated rings. The summed E-state index contributed by atoms with van der Waals surface area (Å²) in [5.74, 6) is 0.263. The number of anilines is 2. The summed E-state index contributed by atoms with van der Waals surface area (Å²) in [7, 11) is 0. The van der Waals surface area contributed by atoms with E-state index in [4.69, 9.17) is 5.73 Å². The molecule has 0 aliphatic heterocycles. The lowest BCUT2D eigenvalue weighted by molar-refractivity contribution is -0.115. The largest absolute Gasteiger partial charge is 0.375 e. The quantitative estimate of drug-likeness (QED) is 0.677. The van der Waals surface area contributed by atoms with Crippen LogP contribution >= 0.6 is 11.3 Å². The van der Waals surface area contributed by atoms with Crippen LogP contribution in [0.1, 0.15) is 5.69 Å². The minimum atomic E-state index is -0.177. The molecule has 0 atom stereocenters. The van der Waals surface area contributed by atoms with Gasteiger partial charge in [-0.2, -0.15) is 0 Å². The number of aromatic amines is 1. The molecule has 96 valence electrons. The van der Waals surface area contributed by atoms with Crippen molar-refractivity contribution in [3.05, 3.63) is 35.3 Å². The van der Waals surface area contributed by atoms with Crippen molar-refractivity contribution in [3.63, 3.8) is 0 Å². The lowest BCUT2D eigenvalue weighted by atomic mass is 10.3. The molecule has 0 radical (unpaired) electrons. The van der Waals surface area contributed by atoms with Gasteiger partial charge in [0.25, 0.3) is 0 Å². The van der Waals surface area contributed by atoms with Crippen molar-refractivity contribution in [1.29, 1.82) is 0 Å². The Hall–Kier alpha value is -2.41. The third-order valence-electron chi connectivity index (χ3n) is 2.56. The van der Waals surface area contributed by atoms with Crippen molar-refractivity contribution < 1.29 is 4.79 Å². The number of fused-ring (bicyclic) bond motifs is 1. The van der Waals surface area contributed by atoms with Crippen LogP contribution in [-0.2, 0) is 11.2 Å². The van der Waals surface area contributed by atoms with Gasteiger partial charge in [0.05, 0.1) is 23.1 Å². The van der Waals surface area contributed by atoms with E-state index in [1.54, 1.807) is 5.38 Å². The van der Waals surface area contributed by atoms with Crippen LogP contribution in [0.4, 0.5) is 11.1 Å². The van der Waals surface area contributed by atoms with Gasteiger partial charge in [0.2, 0.25) is 11.9 Å². The maximum Gasteiger partial charge on any atom is 0.232 e. The highest BCUT2D eigenvalue weighted by atomic mass is 32.1. The number of benzene rings is 1. The van der Waals surface area contributed by atoms with Crippen molar-refractivity contribution in [2.75, 3.05) is 11.1 Å². The lowest BCUT2D eigenvalue weighted by Gasteiger charge is -1.98. The maximum atomic E-state index is 11.8. The standard InChI is InChI=1S/C12H11N5OS/c13-11-14-7(6-19-11)5-10(18)17-12-15-8-3-1-2-4-9(8)16-12/h1-4,6H,5H2,(H2,13,14)(H2,15,16,17,18). The van der Waals surface area contributed by atoms with E-state index in [1.807, 2.05) is 24.3 Å². The van der Waals surface area contributed by atoms with Crippen molar-refractivity contribution in [2.45, 2.75) is 6.42 Å². The number of nitrogens with one attached hydrogen (secondary N) is 2. The minimum Gasteiger partial charge on any atom is -0.375 e. The van der Waals surface area contributed by atoms with E-state index in [9.17, 15) is 4.79 Å². The van der Waals surface area contributed by atoms with Crippen LogP contribution in [0.3, 0.4) is 0 Å². The Bertz CT molecular complexity index is 699. The first-order chi connectivity index (χ1) is 9.20. The second-order valence-corrected chi connectivity index (χ2v) is 4.89. The Morgan fingerprint density at radius 2 is 2.21 bits per heavy atom. The molecule has 1 aromatic carbocycles. The van der Waals surface area contributed by atoms with Crippen LogP contribution in [0.25, 0.3) is 11.0 Å². The van der Waals surface area contributed by atoms with Crippen molar-refractivity contribution in [3.8, 4) is 0 Å². The third kappa shape index (κ3) is 2.55. The molecule has 0 spiro atoms. The summed E-state index contributed by atoms with van der Waals surface area (Å²) in [5.41, 5.74) is 7.88. The van der Waals surface area contributed by atoms with Crippen molar-refractivity contribution in [2.24, 2.45) is 0 Å². The smallest absolute Gasteiger partial charge is 0.232 e. The van der Waals surface area contributed by atoms with Gasteiger partial charge in [-0.15, -0.1) is 11.3 Å². The molecule has 3 rings (SSSR count). The zero-order valence-corrected chi connectivity index (χ0v) is 10.7. The monoisotopic (exact) mass is 273 g/mol. The summed E-state index contributed by atoms with van der Waals surface area (Å²) in [5, 5.41) is 4.94. The van der Waals surface area contributed by atoms with Gasteiger partial charge in [0.1, 0.15) is 0 Å². The third-order valence-corrected chi connectivity index (χ3v) is 3.28. The molecule has 0 aliphatic carbocycles. The highest BCUT2D eigenvalue weighted by molar-refractivity contribution is 7.13. The highest BCUT2D eigenvalue weighted by Crippen LogP contribution is 2.14. The number of hydrogen-bond donors (Lipinski definition) is 3. The number of carbonyl (C=O) groups excluding carboxylic acids is 1. The predicted molar refractivity (Wildman–Crippen MR) is 75.0 cm³/mol. The van der Waals surface area contributed by atoms with Crippen LogP contribution in [0.2, 0.25) is 0 Å². The lowest BCUT2D eigenvalue weighted by Crippen LogP contribution is -2.15. The van der Waals surface area contributed by atoms with Gasteiger partial charge in [0, 0.05) is 5.38 Å². The SMILES string of the molecule is Nc1nc(CC(=O)Nc2nc3ccccc3[nH]2)cs1. The molecule has 19 heavy (non-hydrogen) atoms. The molecule has 0 aliphatic rings. The number of aromatic nitrogens is 3. The molecule has 2 aromatic heterocycles. The molecule has 1 amide bonds. The van der Waals surface area contributed by atoms with Crippen LogP contribution < -0.4 is 11.1 Å².